The molecule has 0 fully saturated rings. The van der Waals surface area contributed by atoms with Crippen LogP contribution < -0.4 is 0 Å². The van der Waals surface area contributed by atoms with Crippen LogP contribution in [0.2, 0.25) is 0 Å². The average Bonchev–Trinajstić information content (AvgIpc) is 1.88. The fourth-order valence-electron chi connectivity index (χ4n) is 0.652. The Labute approximate surface area is 60.6 Å². The molecule has 0 unspecified atom stereocenters. The van der Waals surface area contributed by atoms with Crippen molar-refractivity contribution >= 4 is 18.7 Å². The second-order valence-corrected chi connectivity index (χ2v) is 2.32. The van der Waals surface area contributed by atoms with Gasteiger partial charge in [0, 0.05) is 4.90 Å². The zero-order valence-electron chi connectivity index (χ0n) is 5.04. The number of hydrogen-bond donors (Lipinski definition) is 1. The second-order valence-electron chi connectivity index (χ2n) is 1.80. The van der Waals surface area contributed by atoms with E-state index in [1.165, 1.54) is 0 Å². The van der Waals surface area contributed by atoms with Crippen LogP contribution >= 0.6 is 12.6 Å². The van der Waals surface area contributed by atoms with E-state index in [0.717, 1.165) is 10.5 Å². The Kier molecular flexibility index (Phi) is 1.96. The van der Waals surface area contributed by atoms with Crippen LogP contribution in [-0.2, 0) is 0 Å². The van der Waals surface area contributed by atoms with Crippen LogP contribution in [0.4, 0.5) is 0 Å². The Morgan fingerprint density at radius 3 is 2.67 bits per heavy atom. The smallest absolute Gasteiger partial charge is 0.00459 e. The third kappa shape index (κ3) is 1.61. The molecule has 0 bridgehead atoms. The Balaban J connectivity index is 3.07. The van der Waals surface area contributed by atoms with Gasteiger partial charge in [0.1, 0.15) is 0 Å². The summed E-state index contributed by atoms with van der Waals surface area (Å²) in [6.45, 7) is 3.64. The van der Waals surface area contributed by atoms with E-state index in [9.17, 15) is 0 Å². The van der Waals surface area contributed by atoms with Crippen molar-refractivity contribution in [2.45, 2.75) is 4.90 Å². The van der Waals surface area contributed by atoms with E-state index in [-0.39, 0.29) is 0 Å². The van der Waals surface area contributed by atoms with E-state index in [4.69, 9.17) is 0 Å². The van der Waals surface area contributed by atoms with Crippen LogP contribution in [-0.4, -0.2) is 0 Å². The van der Waals surface area contributed by atoms with Gasteiger partial charge in [0.05, 0.1) is 0 Å². The number of rotatable bonds is 1. The summed E-state index contributed by atoms with van der Waals surface area (Å²) in [6, 6.07) is 7.86. The summed E-state index contributed by atoms with van der Waals surface area (Å²) < 4.78 is 0. The maximum atomic E-state index is 4.16. The average molecular weight is 136 g/mol. The van der Waals surface area contributed by atoms with E-state index < -0.39 is 0 Å². The van der Waals surface area contributed by atoms with Gasteiger partial charge < -0.3 is 0 Å². The van der Waals surface area contributed by atoms with Gasteiger partial charge in [-0.3, -0.25) is 0 Å². The highest BCUT2D eigenvalue weighted by molar-refractivity contribution is 7.80. The minimum absolute atomic E-state index is 0.979. The standard InChI is InChI=1S/C8H8S/c1-2-7-4-3-5-8(9)6-7/h2-6,9H,1H2. The van der Waals surface area contributed by atoms with Crippen LogP contribution in [0, 0.1) is 0 Å². The van der Waals surface area contributed by atoms with Gasteiger partial charge in [-0.1, -0.05) is 24.8 Å². The van der Waals surface area contributed by atoms with E-state index >= 15 is 0 Å². The third-order valence-electron chi connectivity index (χ3n) is 1.11. The summed E-state index contributed by atoms with van der Waals surface area (Å²) in [6.07, 6.45) is 1.81. The summed E-state index contributed by atoms with van der Waals surface area (Å²) in [4.78, 5) is 0.979. The largest absolute Gasteiger partial charge is 0.143 e. The Morgan fingerprint density at radius 2 is 2.22 bits per heavy atom. The van der Waals surface area contributed by atoms with Gasteiger partial charge in [-0.05, 0) is 17.7 Å². The van der Waals surface area contributed by atoms with Gasteiger partial charge in [-0.25, -0.2) is 0 Å². The normalized spacial score (nSPS) is 9.00. The lowest BCUT2D eigenvalue weighted by Crippen LogP contribution is -1.68. The quantitative estimate of drug-likeness (QED) is 0.564. The van der Waals surface area contributed by atoms with Crippen LogP contribution in [0.25, 0.3) is 6.08 Å². The molecule has 0 aliphatic heterocycles. The monoisotopic (exact) mass is 136 g/mol. The third-order valence-corrected chi connectivity index (χ3v) is 1.38. The highest BCUT2D eigenvalue weighted by Gasteiger charge is 1.83. The molecule has 0 nitrogen and oxygen atoms in total. The fraction of sp³-hybridized carbons (Fsp3) is 0. The van der Waals surface area contributed by atoms with Crippen molar-refractivity contribution < 1.29 is 0 Å². The molecule has 46 valence electrons. The predicted molar refractivity (Wildman–Crippen MR) is 43.8 cm³/mol. The first-order chi connectivity index (χ1) is 4.33. The number of benzene rings is 1. The van der Waals surface area contributed by atoms with Crippen molar-refractivity contribution in [2.75, 3.05) is 0 Å². The van der Waals surface area contributed by atoms with Gasteiger partial charge in [0.2, 0.25) is 0 Å². The van der Waals surface area contributed by atoms with E-state index in [1.807, 2.05) is 24.3 Å². The molecule has 9 heavy (non-hydrogen) atoms. The maximum Gasteiger partial charge on any atom is 0.00459 e. The summed E-state index contributed by atoms with van der Waals surface area (Å²) in [5.74, 6) is 0. The molecule has 0 saturated carbocycles. The van der Waals surface area contributed by atoms with Gasteiger partial charge in [0.15, 0.2) is 0 Å². The van der Waals surface area contributed by atoms with Crippen molar-refractivity contribution in [3.8, 4) is 0 Å². The molecule has 0 saturated heterocycles. The molecule has 1 rings (SSSR count). The van der Waals surface area contributed by atoms with Gasteiger partial charge >= 0.3 is 0 Å². The lowest BCUT2D eigenvalue weighted by atomic mass is 10.2. The van der Waals surface area contributed by atoms with Crippen molar-refractivity contribution in [3.05, 3.63) is 36.4 Å². The summed E-state index contributed by atoms with van der Waals surface area (Å²) in [7, 11) is 0. The number of hydrogen-bond acceptors (Lipinski definition) is 1. The maximum absolute atomic E-state index is 4.16. The molecular formula is C8H8S. The van der Waals surface area contributed by atoms with Gasteiger partial charge in [-0.15, -0.1) is 12.6 Å². The van der Waals surface area contributed by atoms with Crippen LogP contribution in [0.3, 0.4) is 0 Å². The molecule has 0 aromatic heterocycles. The lowest BCUT2D eigenvalue weighted by molar-refractivity contribution is 1.46. The second kappa shape index (κ2) is 2.74. The molecule has 0 spiro atoms. The van der Waals surface area contributed by atoms with E-state index in [1.54, 1.807) is 6.08 Å². The van der Waals surface area contributed by atoms with Crippen LogP contribution in [0.15, 0.2) is 35.7 Å². The SMILES string of the molecule is C=Cc1cccc(S)c1. The molecule has 1 heteroatoms. The zero-order valence-corrected chi connectivity index (χ0v) is 5.94. The van der Waals surface area contributed by atoms with Crippen molar-refractivity contribution in [1.82, 2.24) is 0 Å². The minimum Gasteiger partial charge on any atom is -0.143 e. The molecular weight excluding hydrogens is 128 g/mol. The fourth-order valence-corrected chi connectivity index (χ4v) is 0.887. The first-order valence-electron chi connectivity index (χ1n) is 2.74. The summed E-state index contributed by atoms with van der Waals surface area (Å²) in [5.41, 5.74) is 1.11. The van der Waals surface area contributed by atoms with Crippen molar-refractivity contribution in [3.63, 3.8) is 0 Å². The summed E-state index contributed by atoms with van der Waals surface area (Å²) >= 11 is 4.16. The Hall–Kier alpha value is -0.690. The van der Waals surface area contributed by atoms with Crippen molar-refractivity contribution in [1.29, 1.82) is 0 Å². The Morgan fingerprint density at radius 1 is 1.44 bits per heavy atom. The highest BCUT2D eigenvalue weighted by atomic mass is 32.1. The molecule has 0 aliphatic rings. The molecule has 0 radical (unpaired) electrons. The van der Waals surface area contributed by atoms with E-state index in [2.05, 4.69) is 19.2 Å². The van der Waals surface area contributed by atoms with Gasteiger partial charge in [-0.2, -0.15) is 0 Å². The highest BCUT2D eigenvalue weighted by Crippen LogP contribution is 2.08. The molecule has 0 N–H and O–H groups in total. The van der Waals surface area contributed by atoms with Crippen molar-refractivity contribution in [2.24, 2.45) is 0 Å². The van der Waals surface area contributed by atoms with Gasteiger partial charge in [0.25, 0.3) is 0 Å². The minimum atomic E-state index is 0.979. The van der Waals surface area contributed by atoms with Crippen LogP contribution in [0.1, 0.15) is 5.56 Å². The molecule has 0 heterocycles. The summed E-state index contributed by atoms with van der Waals surface area (Å²) in [5, 5.41) is 0. The molecule has 0 amide bonds. The first-order valence-corrected chi connectivity index (χ1v) is 3.19. The van der Waals surface area contributed by atoms with E-state index in [0.29, 0.717) is 0 Å². The Bertz CT molecular complexity index is 216. The first kappa shape index (κ1) is 6.43. The molecule has 1 aromatic carbocycles. The number of thiol groups is 1. The topological polar surface area (TPSA) is 0 Å². The predicted octanol–water partition coefficient (Wildman–Crippen LogP) is 2.62. The molecule has 1 aromatic rings. The molecule has 0 aliphatic carbocycles. The molecule has 0 atom stereocenters. The van der Waals surface area contributed by atoms with Crippen LogP contribution in [0.5, 0.6) is 0 Å². The lowest BCUT2D eigenvalue weighted by Gasteiger charge is -1.91. The zero-order chi connectivity index (χ0) is 6.69.